The molecule has 0 N–H and O–H groups in total. The fraction of sp³-hybridized carbons (Fsp3) is 0.419. The Bertz CT molecular complexity index is 1480. The monoisotopic (exact) mass is 549 g/mol. The second-order valence-electron chi connectivity index (χ2n) is 11.0. The minimum absolute atomic E-state index is 0. The number of aromatic carboxylic acids is 1. The molecule has 4 aliphatic rings. The van der Waals surface area contributed by atoms with Gasteiger partial charge in [0.2, 0.25) is 6.79 Å². The fourth-order valence-corrected chi connectivity index (χ4v) is 6.63. The predicted molar refractivity (Wildman–Crippen MR) is 144 cm³/mol. The third-order valence-electron chi connectivity index (χ3n) is 8.68. The molecule has 0 radical (unpaired) electrons. The van der Waals surface area contributed by atoms with Crippen molar-refractivity contribution in [1.82, 2.24) is 14.4 Å². The SMILES string of the molecule is O=C([O-])c1cc(-c2cc3c(cc2C(=O)N2Cc4ccccc4C[C@H]2CN2CCOCC2)OCO3)n2c1CCCC2.[Li+]. The first-order valence-electron chi connectivity index (χ1n) is 14.1. The Morgan fingerprint density at radius 2 is 1.68 bits per heavy atom. The number of hydrogen-bond acceptors (Lipinski definition) is 7. The number of aromatic nitrogens is 1. The molecule has 2 aromatic carbocycles. The molecule has 4 aliphatic heterocycles. The van der Waals surface area contributed by atoms with Crippen LogP contribution in [0.25, 0.3) is 11.3 Å². The van der Waals surface area contributed by atoms with E-state index in [1.807, 2.05) is 21.6 Å². The summed E-state index contributed by atoms with van der Waals surface area (Å²) >= 11 is 0. The smallest absolute Gasteiger partial charge is 0.545 e. The molecule has 3 aromatic rings. The molecule has 0 unspecified atom stereocenters. The summed E-state index contributed by atoms with van der Waals surface area (Å²) < 4.78 is 19.0. The Labute approximate surface area is 251 Å². The van der Waals surface area contributed by atoms with Crippen molar-refractivity contribution < 1.29 is 47.8 Å². The second kappa shape index (κ2) is 11.6. The third-order valence-corrected chi connectivity index (χ3v) is 8.68. The largest absolute Gasteiger partial charge is 1.00 e. The van der Waals surface area contributed by atoms with E-state index in [9.17, 15) is 14.7 Å². The van der Waals surface area contributed by atoms with Gasteiger partial charge in [0.1, 0.15) is 0 Å². The van der Waals surface area contributed by atoms with Crippen LogP contribution in [0.3, 0.4) is 0 Å². The number of benzene rings is 2. The van der Waals surface area contributed by atoms with Gasteiger partial charge < -0.3 is 33.6 Å². The number of morpholine rings is 1. The van der Waals surface area contributed by atoms with E-state index in [1.54, 1.807) is 12.1 Å². The van der Waals surface area contributed by atoms with Gasteiger partial charge in [-0.1, -0.05) is 24.3 Å². The van der Waals surface area contributed by atoms with Crippen LogP contribution in [0.1, 0.15) is 50.4 Å². The van der Waals surface area contributed by atoms with Gasteiger partial charge in [-0.25, -0.2) is 0 Å². The second-order valence-corrected chi connectivity index (χ2v) is 11.0. The molecule has 0 spiro atoms. The van der Waals surface area contributed by atoms with Crippen LogP contribution in [0, 0.1) is 0 Å². The van der Waals surface area contributed by atoms with Crippen LogP contribution in [0.4, 0.5) is 0 Å². The number of carbonyl (C=O) groups excluding carboxylic acids is 2. The van der Waals surface area contributed by atoms with Crippen LogP contribution in [-0.4, -0.2) is 71.9 Å². The van der Waals surface area contributed by atoms with Crippen molar-refractivity contribution in [2.75, 3.05) is 39.6 Å². The maximum atomic E-state index is 14.6. The Morgan fingerprint density at radius 1 is 0.927 bits per heavy atom. The van der Waals surface area contributed by atoms with Gasteiger partial charge in [0.25, 0.3) is 5.91 Å². The summed E-state index contributed by atoms with van der Waals surface area (Å²) in [6, 6.07) is 13.6. The molecule has 7 rings (SSSR count). The number of fused-ring (bicyclic) bond motifs is 3. The zero-order chi connectivity index (χ0) is 27.2. The summed E-state index contributed by atoms with van der Waals surface area (Å²) in [5, 5.41) is 12.1. The summed E-state index contributed by atoms with van der Waals surface area (Å²) in [6.07, 6.45) is 3.31. The van der Waals surface area contributed by atoms with Gasteiger partial charge in [-0.2, -0.15) is 0 Å². The minimum atomic E-state index is -1.19. The van der Waals surface area contributed by atoms with Crippen LogP contribution in [0.2, 0.25) is 0 Å². The van der Waals surface area contributed by atoms with Gasteiger partial charge in [0.05, 0.1) is 24.7 Å². The topological polar surface area (TPSA) is 96.3 Å². The van der Waals surface area contributed by atoms with E-state index in [-0.39, 0.29) is 43.2 Å². The Hall–Kier alpha value is -3.22. The molecule has 9 nitrogen and oxygen atoms in total. The van der Waals surface area contributed by atoms with E-state index in [0.29, 0.717) is 61.0 Å². The number of carboxylic acids is 1. The first-order valence-corrected chi connectivity index (χ1v) is 14.1. The third kappa shape index (κ3) is 5.17. The molecule has 1 atom stereocenters. The van der Waals surface area contributed by atoms with Gasteiger partial charge in [-0.3, -0.25) is 9.69 Å². The number of amides is 1. The van der Waals surface area contributed by atoms with Gasteiger partial charge >= 0.3 is 18.9 Å². The zero-order valence-electron chi connectivity index (χ0n) is 23.4. The summed E-state index contributed by atoms with van der Waals surface area (Å²) in [5.74, 6) is -0.201. The number of nitrogens with zero attached hydrogens (tertiary/aromatic N) is 3. The van der Waals surface area contributed by atoms with Crippen molar-refractivity contribution in [3.63, 3.8) is 0 Å². The Morgan fingerprint density at radius 3 is 2.46 bits per heavy atom. The molecule has 0 saturated carbocycles. The quantitative estimate of drug-likeness (QED) is 0.396. The zero-order valence-corrected chi connectivity index (χ0v) is 23.4. The molecule has 5 heterocycles. The molecule has 10 heteroatoms. The first kappa shape index (κ1) is 27.9. The van der Waals surface area contributed by atoms with Crippen LogP contribution in [-0.2, 0) is 30.7 Å². The van der Waals surface area contributed by atoms with Crippen molar-refractivity contribution in [1.29, 1.82) is 0 Å². The van der Waals surface area contributed by atoms with Crippen LogP contribution in [0.5, 0.6) is 11.5 Å². The number of hydrogen-bond donors (Lipinski definition) is 0. The van der Waals surface area contributed by atoms with E-state index in [0.717, 1.165) is 50.2 Å². The molecule has 0 bridgehead atoms. The van der Waals surface area contributed by atoms with E-state index >= 15 is 0 Å². The minimum Gasteiger partial charge on any atom is -0.545 e. The van der Waals surface area contributed by atoms with Crippen molar-refractivity contribution in [2.45, 2.75) is 44.8 Å². The van der Waals surface area contributed by atoms with E-state index < -0.39 is 5.97 Å². The predicted octanol–water partition coefficient (Wildman–Crippen LogP) is -0.513. The van der Waals surface area contributed by atoms with Crippen LogP contribution >= 0.6 is 0 Å². The van der Waals surface area contributed by atoms with E-state index in [4.69, 9.17) is 14.2 Å². The van der Waals surface area contributed by atoms with Gasteiger partial charge in [0.15, 0.2) is 11.5 Å². The molecule has 1 amide bonds. The average molecular weight is 550 g/mol. The standard InChI is InChI=1S/C31H33N3O6.Li/c35-30(34-17-21-6-2-1-5-20(21)13-22(34)18-32-9-11-38-12-10-32)24-16-29-28(39-19-40-29)15-23(24)27-14-25(31(36)37)26-7-3-4-8-33(26)27;/h1-2,5-6,14-16,22H,3-4,7-13,17-19H2,(H,36,37);/q;+1/p-1/t22-;/m0./s1. The van der Waals surface area contributed by atoms with Gasteiger partial charge in [-0.05, 0) is 55.0 Å². The van der Waals surface area contributed by atoms with Crippen molar-refractivity contribution >= 4 is 11.9 Å². The summed E-state index contributed by atoms with van der Waals surface area (Å²) in [5.41, 5.74) is 5.24. The van der Waals surface area contributed by atoms with Gasteiger partial charge in [-0.15, -0.1) is 0 Å². The Balaban J connectivity index is 0.00000302. The number of carboxylic acid groups (broad SMARTS) is 1. The molecule has 1 fully saturated rings. The average Bonchev–Trinajstić information content (AvgIpc) is 3.61. The van der Waals surface area contributed by atoms with Crippen molar-refractivity contribution in [3.05, 3.63) is 70.4 Å². The van der Waals surface area contributed by atoms with Crippen LogP contribution < -0.4 is 33.4 Å². The summed E-state index contributed by atoms with van der Waals surface area (Å²) in [6.45, 7) is 5.13. The molecule has 208 valence electrons. The normalized spacial score (nSPS) is 19.7. The molecule has 41 heavy (non-hydrogen) atoms. The van der Waals surface area contributed by atoms with Gasteiger partial charge in [0, 0.05) is 61.3 Å². The first-order chi connectivity index (χ1) is 19.6. The summed E-state index contributed by atoms with van der Waals surface area (Å²) in [7, 11) is 0. The number of ether oxygens (including phenoxy) is 3. The van der Waals surface area contributed by atoms with E-state index in [2.05, 4.69) is 23.1 Å². The molecular formula is C31H32LiN3O6. The van der Waals surface area contributed by atoms with Crippen LogP contribution in [0.15, 0.2) is 42.5 Å². The van der Waals surface area contributed by atoms with Crippen molar-refractivity contribution in [3.8, 4) is 22.8 Å². The number of rotatable bonds is 5. The molecule has 1 saturated heterocycles. The van der Waals surface area contributed by atoms with Crippen molar-refractivity contribution in [2.24, 2.45) is 0 Å². The molecule has 0 aliphatic carbocycles. The summed E-state index contributed by atoms with van der Waals surface area (Å²) in [4.78, 5) is 31.0. The fourth-order valence-electron chi connectivity index (χ4n) is 6.63. The Kier molecular flexibility index (Phi) is 7.88. The number of carbonyl (C=O) groups is 2. The maximum absolute atomic E-state index is 14.6. The molecular weight excluding hydrogens is 517 g/mol. The van der Waals surface area contributed by atoms with E-state index in [1.165, 1.54) is 5.56 Å². The molecule has 1 aromatic heterocycles. The maximum Gasteiger partial charge on any atom is 1.00 e.